The minimum Gasteiger partial charge on any atom is -0.473 e. The molecule has 1 N–H and O–H groups in total. The van der Waals surface area contributed by atoms with Gasteiger partial charge in [-0.05, 0) is 47.2 Å². The maximum atomic E-state index is 12.0. The van der Waals surface area contributed by atoms with Crippen LogP contribution in [-0.2, 0) is 4.79 Å². The highest BCUT2D eigenvalue weighted by atomic mass is 35.5. The Balaban J connectivity index is 2.07. The van der Waals surface area contributed by atoms with E-state index in [-0.39, 0.29) is 5.75 Å². The van der Waals surface area contributed by atoms with Crippen LogP contribution in [0, 0.1) is 10.1 Å². The second-order valence-electron chi connectivity index (χ2n) is 4.34. The van der Waals surface area contributed by atoms with E-state index in [1.807, 2.05) is 0 Å². The number of nitrogens with one attached hydrogen (secondary N) is 1. The van der Waals surface area contributed by atoms with Gasteiger partial charge in [-0.2, -0.15) is 0 Å². The van der Waals surface area contributed by atoms with Crippen molar-refractivity contribution in [2.45, 2.75) is 13.0 Å². The average Bonchev–Trinajstić information content (AvgIpc) is 2.47. The van der Waals surface area contributed by atoms with Gasteiger partial charge in [-0.25, -0.2) is 0 Å². The van der Waals surface area contributed by atoms with Crippen molar-refractivity contribution in [3.8, 4) is 5.75 Å². The van der Waals surface area contributed by atoms with E-state index in [9.17, 15) is 14.9 Å². The van der Waals surface area contributed by atoms with Crippen LogP contribution in [0.4, 0.5) is 11.5 Å². The van der Waals surface area contributed by atoms with Gasteiger partial charge in [-0.15, -0.1) is 0 Å². The van der Waals surface area contributed by atoms with Gasteiger partial charge in [0.15, 0.2) is 6.10 Å². The first-order valence-corrected chi connectivity index (χ1v) is 6.67. The predicted octanol–water partition coefficient (Wildman–Crippen LogP) is 3.05. The smallest absolute Gasteiger partial charge is 0.406 e. The number of anilines is 1. The van der Waals surface area contributed by atoms with E-state index in [0.29, 0.717) is 10.7 Å². The number of halogens is 1. The molecule has 1 atom stereocenters. The fraction of sp³-hybridized carbons (Fsp3) is 0.143. The molecule has 1 heterocycles. The van der Waals surface area contributed by atoms with Gasteiger partial charge in [0.25, 0.3) is 5.91 Å². The lowest BCUT2D eigenvalue weighted by molar-refractivity contribution is -0.390. The minimum absolute atomic E-state index is 0.0683. The van der Waals surface area contributed by atoms with Crippen LogP contribution < -0.4 is 10.1 Å². The molecule has 0 aliphatic heterocycles. The summed E-state index contributed by atoms with van der Waals surface area (Å²) in [6, 6.07) is 9.49. The van der Waals surface area contributed by atoms with Crippen LogP contribution in [-0.4, -0.2) is 21.9 Å². The third-order valence-electron chi connectivity index (χ3n) is 2.69. The number of hydrogen-bond donors (Lipinski definition) is 1. The molecular formula is C14H12ClN3O4. The zero-order valence-corrected chi connectivity index (χ0v) is 12.3. The van der Waals surface area contributed by atoms with Crippen LogP contribution in [0.1, 0.15) is 6.92 Å². The maximum absolute atomic E-state index is 12.0. The van der Waals surface area contributed by atoms with Gasteiger partial charge in [0.2, 0.25) is 5.75 Å². The summed E-state index contributed by atoms with van der Waals surface area (Å²) in [7, 11) is 0. The number of nitrogens with zero attached hydrogens (tertiary/aromatic N) is 2. The Morgan fingerprint density at radius 2 is 2.18 bits per heavy atom. The molecule has 1 aromatic carbocycles. The monoisotopic (exact) mass is 321 g/mol. The van der Waals surface area contributed by atoms with Crippen LogP contribution in [0.2, 0.25) is 5.02 Å². The molecule has 0 spiro atoms. The van der Waals surface area contributed by atoms with Crippen molar-refractivity contribution in [2.24, 2.45) is 0 Å². The Hall–Kier alpha value is -2.67. The topological polar surface area (TPSA) is 94.4 Å². The molecule has 0 saturated carbocycles. The number of hydrogen-bond acceptors (Lipinski definition) is 5. The highest BCUT2D eigenvalue weighted by Gasteiger charge is 2.21. The molecule has 1 amide bonds. The van der Waals surface area contributed by atoms with Gasteiger partial charge in [0, 0.05) is 10.7 Å². The summed E-state index contributed by atoms with van der Waals surface area (Å²) in [6.45, 7) is 1.48. The summed E-state index contributed by atoms with van der Waals surface area (Å²) in [5.74, 6) is -0.966. The lowest BCUT2D eigenvalue weighted by Crippen LogP contribution is -2.30. The van der Waals surface area contributed by atoms with Crippen LogP contribution in [0.25, 0.3) is 0 Å². The van der Waals surface area contributed by atoms with Crippen molar-refractivity contribution in [1.82, 2.24) is 4.98 Å². The Bertz CT molecular complexity index is 708. The molecule has 0 unspecified atom stereocenters. The van der Waals surface area contributed by atoms with E-state index in [1.54, 1.807) is 24.3 Å². The summed E-state index contributed by atoms with van der Waals surface area (Å²) in [5, 5.41) is 13.9. The van der Waals surface area contributed by atoms with Crippen molar-refractivity contribution >= 4 is 29.0 Å². The van der Waals surface area contributed by atoms with Gasteiger partial charge in [-0.1, -0.05) is 17.7 Å². The quantitative estimate of drug-likeness (QED) is 0.674. The van der Waals surface area contributed by atoms with Gasteiger partial charge in [-0.3, -0.25) is 4.79 Å². The Labute approximate surface area is 131 Å². The molecule has 0 saturated heterocycles. The molecule has 0 radical (unpaired) electrons. The second-order valence-corrected chi connectivity index (χ2v) is 4.78. The summed E-state index contributed by atoms with van der Waals surface area (Å²) in [4.78, 5) is 25.8. The van der Waals surface area contributed by atoms with E-state index in [2.05, 4.69) is 10.3 Å². The second kappa shape index (κ2) is 6.86. The van der Waals surface area contributed by atoms with Crippen molar-refractivity contribution in [1.29, 1.82) is 0 Å². The summed E-state index contributed by atoms with van der Waals surface area (Å²) in [6.07, 6.45) is 0.337. The molecule has 2 rings (SSSR count). The summed E-state index contributed by atoms with van der Waals surface area (Å²) >= 11 is 5.83. The summed E-state index contributed by atoms with van der Waals surface area (Å²) in [5.41, 5.74) is 0.508. The number of carbonyl (C=O) groups excluding carboxylic acids is 1. The number of benzene rings is 1. The molecule has 0 aliphatic rings. The fourth-order valence-corrected chi connectivity index (χ4v) is 1.86. The fourth-order valence-electron chi connectivity index (χ4n) is 1.67. The molecule has 22 heavy (non-hydrogen) atoms. The van der Waals surface area contributed by atoms with Gasteiger partial charge >= 0.3 is 5.82 Å². The Kier molecular flexibility index (Phi) is 4.90. The minimum atomic E-state index is -0.943. The number of amides is 1. The highest BCUT2D eigenvalue weighted by Crippen LogP contribution is 2.24. The SMILES string of the molecule is C[C@@H](Oc1cccnc1[N+](=O)[O-])C(=O)Nc1cccc(Cl)c1. The number of ether oxygens (including phenoxy) is 1. The first-order chi connectivity index (χ1) is 10.5. The van der Waals surface area contributed by atoms with E-state index in [4.69, 9.17) is 16.3 Å². The number of nitro groups is 1. The largest absolute Gasteiger partial charge is 0.473 e. The van der Waals surface area contributed by atoms with Gasteiger partial charge < -0.3 is 20.2 Å². The predicted molar refractivity (Wildman–Crippen MR) is 81.1 cm³/mol. The lowest BCUT2D eigenvalue weighted by Gasteiger charge is -2.14. The van der Waals surface area contributed by atoms with Crippen molar-refractivity contribution < 1.29 is 14.5 Å². The molecular weight excluding hydrogens is 310 g/mol. The summed E-state index contributed by atoms with van der Waals surface area (Å²) < 4.78 is 5.32. The first kappa shape index (κ1) is 15.7. The Morgan fingerprint density at radius 1 is 1.41 bits per heavy atom. The van der Waals surface area contributed by atoms with E-state index in [1.165, 1.54) is 25.3 Å². The molecule has 2 aromatic rings. The van der Waals surface area contributed by atoms with E-state index in [0.717, 1.165) is 0 Å². The number of rotatable bonds is 5. The Morgan fingerprint density at radius 3 is 2.86 bits per heavy atom. The van der Waals surface area contributed by atoms with Crippen LogP contribution >= 0.6 is 11.6 Å². The van der Waals surface area contributed by atoms with Gasteiger partial charge in [0.05, 0.1) is 0 Å². The molecule has 1 aromatic heterocycles. The third-order valence-corrected chi connectivity index (χ3v) is 2.92. The normalized spacial score (nSPS) is 11.5. The third kappa shape index (κ3) is 3.92. The molecule has 0 fully saturated rings. The molecule has 114 valence electrons. The van der Waals surface area contributed by atoms with Crippen LogP contribution in [0.3, 0.4) is 0 Å². The van der Waals surface area contributed by atoms with Crippen LogP contribution in [0.15, 0.2) is 42.6 Å². The van der Waals surface area contributed by atoms with Crippen molar-refractivity contribution in [3.05, 3.63) is 57.7 Å². The highest BCUT2D eigenvalue weighted by molar-refractivity contribution is 6.30. The zero-order valence-electron chi connectivity index (χ0n) is 11.5. The van der Waals surface area contributed by atoms with Crippen molar-refractivity contribution in [2.75, 3.05) is 5.32 Å². The van der Waals surface area contributed by atoms with Gasteiger partial charge in [0.1, 0.15) is 6.20 Å². The zero-order chi connectivity index (χ0) is 16.1. The molecule has 7 nitrogen and oxygen atoms in total. The number of aromatic nitrogens is 1. The number of carbonyl (C=O) groups is 1. The maximum Gasteiger partial charge on any atom is 0.406 e. The number of pyridine rings is 1. The van der Waals surface area contributed by atoms with Crippen molar-refractivity contribution in [3.63, 3.8) is 0 Å². The lowest BCUT2D eigenvalue weighted by atomic mass is 10.3. The molecule has 0 aliphatic carbocycles. The van der Waals surface area contributed by atoms with E-state index >= 15 is 0 Å². The molecule has 0 bridgehead atoms. The standard InChI is InChI=1S/C14H12ClN3O4/c1-9(14(19)17-11-5-2-4-10(15)8-11)22-12-6-3-7-16-13(12)18(20)21/h2-9H,1H3,(H,17,19)/t9-/m1/s1. The molecule has 8 heteroatoms. The average molecular weight is 322 g/mol. The first-order valence-electron chi connectivity index (χ1n) is 6.30. The van der Waals surface area contributed by atoms with Crippen LogP contribution in [0.5, 0.6) is 5.75 Å². The van der Waals surface area contributed by atoms with E-state index < -0.39 is 22.8 Å².